The monoisotopic (exact) mass is 346 g/mol. The van der Waals surface area contributed by atoms with Gasteiger partial charge in [0.2, 0.25) is 0 Å². The Hall–Kier alpha value is -2.74. The molecule has 0 unspecified atom stereocenters. The molecule has 0 aromatic heterocycles. The van der Waals surface area contributed by atoms with Gasteiger partial charge in [0.15, 0.2) is 0 Å². The van der Waals surface area contributed by atoms with Crippen LogP contribution in [0.5, 0.6) is 11.5 Å². The normalized spacial score (nSPS) is 10.8. The van der Waals surface area contributed by atoms with E-state index in [-0.39, 0.29) is 0 Å². The van der Waals surface area contributed by atoms with Gasteiger partial charge in [0.25, 0.3) is 0 Å². The second kappa shape index (κ2) is 8.09. The Morgan fingerprint density at radius 2 is 1.15 bits per heavy atom. The Kier molecular flexibility index (Phi) is 5.62. The molecule has 0 N–H and O–H groups in total. The molecule has 134 valence electrons. The van der Waals surface area contributed by atoms with Crippen LogP contribution in [-0.4, -0.2) is 14.2 Å². The van der Waals surface area contributed by atoms with Crippen molar-refractivity contribution in [3.8, 4) is 33.8 Å². The fourth-order valence-corrected chi connectivity index (χ4v) is 3.36. The van der Waals surface area contributed by atoms with E-state index < -0.39 is 0 Å². The molecule has 0 amide bonds. The molecule has 2 nitrogen and oxygen atoms in total. The molecule has 0 aliphatic carbocycles. The van der Waals surface area contributed by atoms with Crippen LogP contribution in [0, 0.1) is 5.92 Å². The van der Waals surface area contributed by atoms with Crippen molar-refractivity contribution in [2.45, 2.75) is 20.3 Å². The lowest BCUT2D eigenvalue weighted by atomic mass is 9.92. The van der Waals surface area contributed by atoms with Crippen LogP contribution < -0.4 is 9.47 Å². The van der Waals surface area contributed by atoms with Crippen LogP contribution in [-0.2, 0) is 6.42 Å². The van der Waals surface area contributed by atoms with E-state index in [4.69, 9.17) is 9.47 Å². The fraction of sp³-hybridized carbons (Fsp3) is 0.250. The average molecular weight is 346 g/mol. The molecule has 3 aromatic carbocycles. The molecule has 0 aliphatic rings. The molecule has 2 heteroatoms. The minimum absolute atomic E-state index is 0.591. The van der Waals surface area contributed by atoms with Gasteiger partial charge in [-0.1, -0.05) is 62.4 Å². The van der Waals surface area contributed by atoms with Crippen LogP contribution in [0.2, 0.25) is 0 Å². The van der Waals surface area contributed by atoms with Crippen LogP contribution in [0.1, 0.15) is 19.4 Å². The maximum absolute atomic E-state index is 5.59. The van der Waals surface area contributed by atoms with E-state index in [1.807, 2.05) is 24.3 Å². The topological polar surface area (TPSA) is 18.5 Å². The van der Waals surface area contributed by atoms with Gasteiger partial charge in [0.05, 0.1) is 14.2 Å². The number of para-hydroxylation sites is 2. The van der Waals surface area contributed by atoms with Crippen molar-refractivity contribution in [2.75, 3.05) is 14.2 Å². The standard InChI is InChI=1S/C24H26O2/c1-17(2)13-18-14-19(21-9-5-7-11-23(21)25-3)16-20(15-18)22-10-6-8-12-24(22)26-4/h5-12,14-17H,13H2,1-4H3. The van der Waals surface area contributed by atoms with Gasteiger partial charge in [-0.15, -0.1) is 0 Å². The number of hydrogen-bond donors (Lipinski definition) is 0. The van der Waals surface area contributed by atoms with Crippen molar-refractivity contribution in [1.82, 2.24) is 0 Å². The summed E-state index contributed by atoms with van der Waals surface area (Å²) >= 11 is 0. The lowest BCUT2D eigenvalue weighted by Crippen LogP contribution is -1.97. The van der Waals surface area contributed by atoms with Crippen molar-refractivity contribution in [3.05, 3.63) is 72.3 Å². The Labute approximate surface area is 156 Å². The third-order valence-corrected chi connectivity index (χ3v) is 4.47. The fourth-order valence-electron chi connectivity index (χ4n) is 3.36. The Morgan fingerprint density at radius 1 is 0.692 bits per heavy atom. The van der Waals surface area contributed by atoms with Crippen molar-refractivity contribution >= 4 is 0 Å². The highest BCUT2D eigenvalue weighted by Crippen LogP contribution is 2.36. The first kappa shape index (κ1) is 18.1. The molecule has 0 saturated carbocycles. The Morgan fingerprint density at radius 3 is 1.58 bits per heavy atom. The summed E-state index contributed by atoms with van der Waals surface area (Å²) in [7, 11) is 3.44. The number of methoxy groups -OCH3 is 2. The van der Waals surface area contributed by atoms with E-state index in [0.29, 0.717) is 5.92 Å². The van der Waals surface area contributed by atoms with Crippen LogP contribution in [0.3, 0.4) is 0 Å². The molecule has 26 heavy (non-hydrogen) atoms. The molecule has 0 heterocycles. The maximum Gasteiger partial charge on any atom is 0.126 e. The second-order valence-corrected chi connectivity index (χ2v) is 6.92. The van der Waals surface area contributed by atoms with Gasteiger partial charge in [-0.3, -0.25) is 0 Å². The summed E-state index contributed by atoms with van der Waals surface area (Å²) in [5.41, 5.74) is 5.88. The minimum atomic E-state index is 0.591. The van der Waals surface area contributed by atoms with Gasteiger partial charge in [0, 0.05) is 11.1 Å². The highest BCUT2D eigenvalue weighted by atomic mass is 16.5. The first-order valence-electron chi connectivity index (χ1n) is 9.03. The lowest BCUT2D eigenvalue weighted by molar-refractivity contribution is 0.416. The van der Waals surface area contributed by atoms with Crippen molar-refractivity contribution < 1.29 is 9.47 Å². The van der Waals surface area contributed by atoms with Gasteiger partial charge < -0.3 is 9.47 Å². The summed E-state index contributed by atoms with van der Waals surface area (Å²) in [6.45, 7) is 4.50. The minimum Gasteiger partial charge on any atom is -0.496 e. The van der Waals surface area contributed by atoms with Gasteiger partial charge in [-0.25, -0.2) is 0 Å². The highest BCUT2D eigenvalue weighted by Gasteiger charge is 2.12. The van der Waals surface area contributed by atoms with Crippen molar-refractivity contribution in [3.63, 3.8) is 0 Å². The maximum atomic E-state index is 5.59. The number of rotatable bonds is 6. The summed E-state index contributed by atoms with van der Waals surface area (Å²) < 4.78 is 11.2. The third-order valence-electron chi connectivity index (χ3n) is 4.47. The average Bonchev–Trinajstić information content (AvgIpc) is 2.67. The first-order valence-corrected chi connectivity index (χ1v) is 9.03. The largest absolute Gasteiger partial charge is 0.496 e. The quantitative estimate of drug-likeness (QED) is 0.526. The molecular formula is C24H26O2. The van der Waals surface area contributed by atoms with E-state index in [9.17, 15) is 0 Å². The molecule has 0 atom stereocenters. The molecule has 0 saturated heterocycles. The highest BCUT2D eigenvalue weighted by molar-refractivity contribution is 5.79. The summed E-state index contributed by atoms with van der Waals surface area (Å²) in [4.78, 5) is 0. The summed E-state index contributed by atoms with van der Waals surface area (Å²) in [5.74, 6) is 2.37. The first-order chi connectivity index (χ1) is 12.6. The SMILES string of the molecule is COc1ccccc1-c1cc(CC(C)C)cc(-c2ccccc2OC)c1. The third kappa shape index (κ3) is 3.91. The summed E-state index contributed by atoms with van der Waals surface area (Å²) in [6.07, 6.45) is 1.03. The molecule has 0 spiro atoms. The van der Waals surface area contributed by atoms with Crippen LogP contribution in [0.15, 0.2) is 66.7 Å². The van der Waals surface area contributed by atoms with Crippen LogP contribution in [0.4, 0.5) is 0 Å². The summed E-state index contributed by atoms with van der Waals surface area (Å²) in [6, 6.07) is 23.1. The zero-order valence-corrected chi connectivity index (χ0v) is 16.0. The number of benzene rings is 3. The van der Waals surface area contributed by atoms with E-state index in [1.54, 1.807) is 14.2 Å². The molecule has 0 radical (unpaired) electrons. The molecule has 3 aromatic rings. The van der Waals surface area contributed by atoms with Crippen LogP contribution in [0.25, 0.3) is 22.3 Å². The second-order valence-electron chi connectivity index (χ2n) is 6.92. The van der Waals surface area contributed by atoms with Gasteiger partial charge in [-0.2, -0.15) is 0 Å². The van der Waals surface area contributed by atoms with Gasteiger partial charge in [-0.05, 0) is 47.2 Å². The molecule has 0 bridgehead atoms. The summed E-state index contributed by atoms with van der Waals surface area (Å²) in [5, 5.41) is 0. The van der Waals surface area contributed by atoms with Crippen molar-refractivity contribution in [2.24, 2.45) is 5.92 Å². The molecular weight excluding hydrogens is 320 g/mol. The van der Waals surface area contributed by atoms with Gasteiger partial charge >= 0.3 is 0 Å². The predicted molar refractivity (Wildman–Crippen MR) is 109 cm³/mol. The molecule has 0 aliphatic heterocycles. The predicted octanol–water partition coefficient (Wildman–Crippen LogP) is 6.24. The molecule has 3 rings (SSSR count). The van der Waals surface area contributed by atoms with E-state index in [2.05, 4.69) is 56.3 Å². The smallest absolute Gasteiger partial charge is 0.126 e. The zero-order chi connectivity index (χ0) is 18.5. The Balaban J connectivity index is 2.19. The lowest BCUT2D eigenvalue weighted by Gasteiger charge is -2.15. The van der Waals surface area contributed by atoms with E-state index in [0.717, 1.165) is 29.0 Å². The molecule has 0 fully saturated rings. The Bertz CT molecular complexity index is 815. The van der Waals surface area contributed by atoms with Crippen molar-refractivity contribution in [1.29, 1.82) is 0 Å². The van der Waals surface area contributed by atoms with Gasteiger partial charge in [0.1, 0.15) is 11.5 Å². The van der Waals surface area contributed by atoms with E-state index in [1.165, 1.54) is 16.7 Å². The van der Waals surface area contributed by atoms with Crippen LogP contribution >= 0.6 is 0 Å². The number of ether oxygens (including phenoxy) is 2. The number of hydrogen-bond acceptors (Lipinski definition) is 2. The van der Waals surface area contributed by atoms with E-state index >= 15 is 0 Å². The zero-order valence-electron chi connectivity index (χ0n) is 16.0.